The normalized spacial score (nSPS) is 55.6. The molecule has 0 aromatic rings. The van der Waals surface area contributed by atoms with Crippen molar-refractivity contribution in [2.24, 2.45) is 50.2 Å². The fourth-order valence-corrected chi connectivity index (χ4v) is 19.0. The average Bonchev–Trinajstić information content (AvgIpc) is 0.674. The van der Waals surface area contributed by atoms with Crippen LogP contribution in [0.3, 0.4) is 0 Å². The van der Waals surface area contributed by atoms with Crippen LogP contribution in [0.1, 0.15) is 113 Å². The van der Waals surface area contributed by atoms with Crippen molar-refractivity contribution in [1.29, 1.82) is 0 Å². The Hall–Kier alpha value is -1.95. The first-order chi connectivity index (χ1) is 44.6. The fraction of sp³-hybridized carbons (Fsp3) is 0.953. The molecule has 6 saturated heterocycles. The molecule has 11 rings (SSSR count). The maximum Gasteiger partial charge on any atom is 0.315 e. The van der Waals surface area contributed by atoms with Gasteiger partial charge >= 0.3 is 5.97 Å². The number of ether oxygens (including phenoxy) is 12. The Labute approximate surface area is 550 Å². The first-order valence-electron chi connectivity index (χ1n) is 33.6. The molecule has 0 aromatic carbocycles. The van der Waals surface area contributed by atoms with Gasteiger partial charge in [0.05, 0.1) is 62.9 Å². The molecule has 0 aromatic heterocycles. The second-order valence-electron chi connectivity index (χ2n) is 31.0. The smallest absolute Gasteiger partial charge is 0.315 e. The molecule has 546 valence electrons. The highest BCUT2D eigenvalue weighted by molar-refractivity contribution is 5.79. The van der Waals surface area contributed by atoms with Gasteiger partial charge in [-0.15, -0.1) is 0 Å². The van der Waals surface area contributed by atoms with Crippen molar-refractivity contribution in [3.63, 3.8) is 0 Å². The summed E-state index contributed by atoms with van der Waals surface area (Å²) in [4.78, 5) is 15.5. The minimum Gasteiger partial charge on any atom is -0.432 e. The molecule has 4 saturated carbocycles. The predicted octanol–water partition coefficient (Wildman–Crippen LogP) is -5.11. The molecule has 0 spiro atoms. The van der Waals surface area contributed by atoms with Crippen molar-refractivity contribution in [1.82, 2.24) is 0 Å². The molecule has 31 heteroatoms. The van der Waals surface area contributed by atoms with Gasteiger partial charge in [0.2, 0.25) is 6.29 Å². The van der Waals surface area contributed by atoms with E-state index in [1.807, 2.05) is 6.92 Å². The van der Waals surface area contributed by atoms with Gasteiger partial charge in [-0.25, -0.2) is 0 Å². The second kappa shape index (κ2) is 27.7. The van der Waals surface area contributed by atoms with Crippen LogP contribution in [0, 0.1) is 50.2 Å². The van der Waals surface area contributed by atoms with Gasteiger partial charge in [-0.1, -0.05) is 53.2 Å². The van der Waals surface area contributed by atoms with Gasteiger partial charge in [0.25, 0.3) is 0 Å². The van der Waals surface area contributed by atoms with Crippen LogP contribution in [0.4, 0.5) is 0 Å². The van der Waals surface area contributed by atoms with Gasteiger partial charge in [-0.2, -0.15) is 0 Å². The van der Waals surface area contributed by atoms with E-state index in [-0.39, 0.29) is 29.6 Å². The number of carbonyl (C=O) groups excluding carboxylic acids is 1. The third kappa shape index (κ3) is 12.6. The van der Waals surface area contributed by atoms with Crippen LogP contribution in [0.25, 0.3) is 0 Å². The lowest BCUT2D eigenvalue weighted by Crippen LogP contribution is -2.70. The van der Waals surface area contributed by atoms with Crippen LogP contribution < -0.4 is 0 Å². The van der Waals surface area contributed by atoms with Crippen LogP contribution in [0.2, 0.25) is 0 Å². The van der Waals surface area contributed by atoms with Crippen molar-refractivity contribution in [3.8, 4) is 0 Å². The van der Waals surface area contributed by atoms with Gasteiger partial charge in [-0.05, 0) is 111 Å². The van der Waals surface area contributed by atoms with E-state index in [0.717, 1.165) is 5.57 Å². The maximum atomic E-state index is 15.5. The van der Waals surface area contributed by atoms with E-state index in [9.17, 15) is 91.9 Å². The van der Waals surface area contributed by atoms with Crippen LogP contribution in [-0.2, 0) is 61.6 Å². The monoisotopic (exact) mass is 1370 g/mol. The standard InChI is InChI=1S/C64H104O31/c1-24-35(71)39(75)42(78)53(86-24)91-48-30(70)22-84-52(45(48)81)90-47-25(2)87-54(44(80)41(47)77)93-50-36(72)29(69)21-85-57(50)95-58(83)64-15-13-59(3,4)17-27(64)26-9-10-34-60(5)18-28(68)51(61(6,23-67)33(60)11-12-63(34,8)62(26,7)14-16-64)94-56-46(82)49(38(74)32(20-66)89-56)92-55-43(79)40(76)37(73)31(19-65)88-55/h9,24-25,27-57,65-82H,10-23H2,1-8H3/t24-,25-,27-,28-,29-,30+,31+,32+,33+,34+,35-,36-,37+,38+,39+,40-,41-,42+,43+,44+,45+,46+,47-,48-,49-,50+,51-,52-,53-,54-,55-,56-,57-,60-,61-,62+,63+,64-/m0/s1. The minimum absolute atomic E-state index is 0.105. The molecule has 95 heavy (non-hydrogen) atoms. The minimum atomic E-state index is -1.96. The molecule has 5 aliphatic carbocycles. The zero-order chi connectivity index (χ0) is 69.3. The number of hydrogen-bond acceptors (Lipinski definition) is 31. The highest BCUT2D eigenvalue weighted by Gasteiger charge is 2.72. The van der Waals surface area contributed by atoms with Crippen LogP contribution in [-0.4, -0.2) is 315 Å². The van der Waals surface area contributed by atoms with E-state index in [1.165, 1.54) is 13.8 Å². The third-order valence-corrected chi connectivity index (χ3v) is 24.9. The molecule has 0 radical (unpaired) electrons. The number of hydrogen-bond donors (Lipinski definition) is 18. The lowest BCUT2D eigenvalue weighted by atomic mass is 9.33. The summed E-state index contributed by atoms with van der Waals surface area (Å²) < 4.78 is 71.1. The van der Waals surface area contributed by atoms with Crippen LogP contribution in [0.5, 0.6) is 0 Å². The SMILES string of the molecule is C[C@@H]1O[C@@H](O[C@@H]2[C@@H](O)[C@H](O[C@@H]3[C@@H](O)[C@@H](O)[C@H](O[C@H]4[C@H](OC(=O)[C@]56CCC(C)(C)C[C@H]5C5=CC[C@@H]7[C@@]8(C)C[C@H](O)[C@H](O[C@@H]9O[C@H](CO)[C@@H](O)[C@H](O[C@@H]%10O[C@H](CO)[C@@H](O)[C@H](O)[C@H]%10O)[C@H]9O)[C@@](C)(CO)[C@@H]8CC[C@@]7(C)[C@]5(C)CC6)OC[C@H](O)[C@@H]4O)O[C@H]3C)OC[C@H]2O)[C@H](O)[C@H](O)[C@H]1O. The van der Waals surface area contributed by atoms with Crippen molar-refractivity contribution in [2.45, 2.75) is 297 Å². The van der Waals surface area contributed by atoms with E-state index in [2.05, 4.69) is 40.7 Å². The summed E-state index contributed by atoms with van der Waals surface area (Å²) in [6.45, 7) is 12.6. The van der Waals surface area contributed by atoms with E-state index >= 15 is 4.79 Å². The largest absolute Gasteiger partial charge is 0.432 e. The molecule has 18 N–H and O–H groups in total. The Morgan fingerprint density at radius 2 is 1.02 bits per heavy atom. The Kier molecular flexibility index (Phi) is 21.6. The first-order valence-corrected chi connectivity index (χ1v) is 33.6. The van der Waals surface area contributed by atoms with Crippen molar-refractivity contribution in [2.75, 3.05) is 33.0 Å². The summed E-state index contributed by atoms with van der Waals surface area (Å²) in [7, 11) is 0. The van der Waals surface area contributed by atoms with E-state index in [0.29, 0.717) is 51.4 Å². The molecule has 31 nitrogen and oxygen atoms in total. The van der Waals surface area contributed by atoms with Gasteiger partial charge in [0.1, 0.15) is 116 Å². The summed E-state index contributed by atoms with van der Waals surface area (Å²) >= 11 is 0. The molecule has 10 fully saturated rings. The highest BCUT2D eigenvalue weighted by Crippen LogP contribution is 2.76. The number of esters is 1. The zero-order valence-electron chi connectivity index (χ0n) is 54.9. The zero-order valence-corrected chi connectivity index (χ0v) is 54.9. The van der Waals surface area contributed by atoms with Crippen LogP contribution in [0.15, 0.2) is 11.6 Å². The molecule has 0 bridgehead atoms. The number of carbonyl (C=O) groups is 1. The Morgan fingerprint density at radius 3 is 1.67 bits per heavy atom. The number of allylic oxidation sites excluding steroid dienone is 2. The first kappa shape index (κ1) is 74.2. The molecular weight excluding hydrogens is 1260 g/mol. The number of rotatable bonds is 15. The van der Waals surface area contributed by atoms with Crippen LogP contribution >= 0.6 is 0 Å². The van der Waals surface area contributed by atoms with E-state index in [4.69, 9.17) is 56.8 Å². The van der Waals surface area contributed by atoms with Crippen molar-refractivity contribution >= 4 is 5.97 Å². The number of aliphatic hydroxyl groups excluding tert-OH is 18. The highest BCUT2D eigenvalue weighted by atomic mass is 16.8. The van der Waals surface area contributed by atoms with Gasteiger partial charge < -0.3 is 149 Å². The Morgan fingerprint density at radius 1 is 0.484 bits per heavy atom. The topological polar surface area (TPSA) is 492 Å². The molecule has 6 aliphatic heterocycles. The molecular formula is C64H104O31. The summed E-state index contributed by atoms with van der Waals surface area (Å²) in [5.41, 5.74) is -3.12. The molecule has 6 heterocycles. The number of aliphatic hydroxyl groups is 18. The molecule has 0 unspecified atom stereocenters. The Balaban J connectivity index is 0.784. The summed E-state index contributed by atoms with van der Waals surface area (Å²) in [5, 5.41) is 198. The average molecular weight is 1370 g/mol. The maximum absolute atomic E-state index is 15.5. The number of fused-ring (bicyclic) bond motifs is 7. The lowest BCUT2D eigenvalue weighted by Gasteiger charge is -2.72. The van der Waals surface area contributed by atoms with E-state index < -0.39 is 250 Å². The summed E-state index contributed by atoms with van der Waals surface area (Å²) in [6, 6.07) is 0. The Bertz CT molecular complexity index is 2680. The summed E-state index contributed by atoms with van der Waals surface area (Å²) in [5.74, 6) is -1.40. The lowest BCUT2D eigenvalue weighted by molar-refractivity contribution is -0.377. The van der Waals surface area contributed by atoms with Gasteiger partial charge in [0.15, 0.2) is 37.6 Å². The third-order valence-electron chi connectivity index (χ3n) is 24.9. The van der Waals surface area contributed by atoms with Gasteiger partial charge in [0, 0.05) is 5.41 Å². The molecule has 38 atom stereocenters. The fourth-order valence-electron chi connectivity index (χ4n) is 19.0. The van der Waals surface area contributed by atoms with Crippen molar-refractivity contribution < 1.29 is 154 Å². The van der Waals surface area contributed by atoms with Gasteiger partial charge in [-0.3, -0.25) is 4.79 Å². The summed E-state index contributed by atoms with van der Waals surface area (Å²) in [6.07, 6.45) is -42.0. The van der Waals surface area contributed by atoms with E-state index in [1.54, 1.807) is 0 Å². The second-order valence-corrected chi connectivity index (χ2v) is 31.0. The predicted molar refractivity (Wildman–Crippen MR) is 316 cm³/mol. The molecule has 11 aliphatic rings. The molecule has 0 amide bonds. The van der Waals surface area contributed by atoms with Crippen molar-refractivity contribution in [3.05, 3.63) is 11.6 Å². The quantitative estimate of drug-likeness (QED) is 0.0414.